The van der Waals surface area contributed by atoms with Crippen molar-refractivity contribution < 1.29 is 0 Å². The van der Waals surface area contributed by atoms with E-state index in [4.69, 9.17) is 0 Å². The molecule has 2 aliphatic heterocycles. The number of hydrogen-bond donors (Lipinski definition) is 0. The van der Waals surface area contributed by atoms with Gasteiger partial charge < -0.3 is 0 Å². The average molecular weight is 181 g/mol. The van der Waals surface area contributed by atoms with Crippen LogP contribution in [-0.2, 0) is 0 Å². The molecule has 3 atom stereocenters. The molecule has 3 rings (SSSR count). The molecule has 0 aromatic heterocycles. The molecule has 0 aromatic carbocycles. The second-order valence-electron chi connectivity index (χ2n) is 5.19. The van der Waals surface area contributed by atoms with Crippen LogP contribution in [0.25, 0.3) is 0 Å². The van der Waals surface area contributed by atoms with Gasteiger partial charge in [-0.25, -0.2) is 0 Å². The third-order valence-corrected chi connectivity index (χ3v) is 4.21. The van der Waals surface area contributed by atoms with Crippen LogP contribution < -0.4 is 0 Å². The summed E-state index contributed by atoms with van der Waals surface area (Å²) in [6, 6.07) is 1.69. The molecule has 13 heavy (non-hydrogen) atoms. The Labute approximate surface area is 82.5 Å². The van der Waals surface area contributed by atoms with Gasteiger partial charge in [0, 0.05) is 18.6 Å². The number of piperidine rings is 2. The zero-order chi connectivity index (χ0) is 9.42. The maximum Gasteiger partial charge on any atom is 0.0101 e. The monoisotopic (exact) mass is 181 g/mol. The lowest BCUT2D eigenvalue weighted by molar-refractivity contribution is -0.0149. The first kappa shape index (κ1) is 9.51. The topological polar surface area (TPSA) is 3.24 Å². The Hall–Kier alpha value is -0.0400. The molecule has 0 N–H and O–H groups in total. The Kier molecular flexibility index (Phi) is 2.64. The Morgan fingerprint density at radius 2 is 2.08 bits per heavy atom. The van der Waals surface area contributed by atoms with Gasteiger partial charge >= 0.3 is 0 Å². The molecule has 3 fully saturated rings. The molecule has 0 amide bonds. The maximum absolute atomic E-state index is 2.74. The molecule has 3 aliphatic rings. The van der Waals surface area contributed by atoms with E-state index in [0.717, 1.165) is 23.9 Å². The minimum Gasteiger partial charge on any atom is -0.298 e. The summed E-state index contributed by atoms with van der Waals surface area (Å²) in [5, 5.41) is 0. The standard InChI is InChI=1S/C12H23N/c1-4-10-7-12-6-5-11(10)8-13(12)9(2)3/h9-12H,4-8H2,1-3H3/t10-,11+,12+/m1/s1. The molecule has 0 unspecified atom stereocenters. The first-order valence-electron chi connectivity index (χ1n) is 5.98. The van der Waals surface area contributed by atoms with E-state index >= 15 is 0 Å². The van der Waals surface area contributed by atoms with Crippen molar-refractivity contribution >= 4 is 0 Å². The van der Waals surface area contributed by atoms with Crippen molar-refractivity contribution in [2.45, 2.75) is 58.5 Å². The summed E-state index contributed by atoms with van der Waals surface area (Å²) >= 11 is 0. The predicted molar refractivity (Wildman–Crippen MR) is 56.8 cm³/mol. The zero-order valence-electron chi connectivity index (χ0n) is 9.29. The van der Waals surface area contributed by atoms with E-state index in [-0.39, 0.29) is 0 Å². The van der Waals surface area contributed by atoms with Crippen LogP contribution in [0, 0.1) is 11.8 Å². The first-order valence-corrected chi connectivity index (χ1v) is 5.98. The van der Waals surface area contributed by atoms with E-state index in [1.54, 1.807) is 0 Å². The second kappa shape index (κ2) is 3.61. The SMILES string of the molecule is CC[C@@H]1C[C@@H]2CC[C@H]1CN2C(C)C. The molecular weight excluding hydrogens is 158 g/mol. The number of rotatable bonds is 2. The highest BCUT2D eigenvalue weighted by atomic mass is 15.2. The summed E-state index contributed by atoms with van der Waals surface area (Å²) in [5.74, 6) is 2.08. The van der Waals surface area contributed by atoms with Crippen molar-refractivity contribution in [3.63, 3.8) is 0 Å². The maximum atomic E-state index is 2.74. The fraction of sp³-hybridized carbons (Fsp3) is 1.00. The van der Waals surface area contributed by atoms with Crippen LogP contribution in [0.4, 0.5) is 0 Å². The normalized spacial score (nSPS) is 40.2. The molecule has 2 heterocycles. The molecule has 0 spiro atoms. The number of hydrogen-bond acceptors (Lipinski definition) is 1. The molecule has 1 saturated carbocycles. The van der Waals surface area contributed by atoms with Gasteiger partial charge in [0.05, 0.1) is 0 Å². The summed E-state index contributed by atoms with van der Waals surface area (Å²) in [7, 11) is 0. The summed E-state index contributed by atoms with van der Waals surface area (Å²) in [6.45, 7) is 8.45. The van der Waals surface area contributed by atoms with Crippen LogP contribution in [0.15, 0.2) is 0 Å². The zero-order valence-corrected chi connectivity index (χ0v) is 9.29. The van der Waals surface area contributed by atoms with Crippen LogP contribution in [0.3, 0.4) is 0 Å². The fourth-order valence-corrected chi connectivity index (χ4v) is 3.40. The molecule has 76 valence electrons. The molecule has 1 nitrogen and oxygen atoms in total. The lowest BCUT2D eigenvalue weighted by Gasteiger charge is -2.51. The van der Waals surface area contributed by atoms with Gasteiger partial charge in [0.2, 0.25) is 0 Å². The summed E-state index contributed by atoms with van der Waals surface area (Å²) in [5.41, 5.74) is 0. The van der Waals surface area contributed by atoms with Crippen molar-refractivity contribution in [3.8, 4) is 0 Å². The van der Waals surface area contributed by atoms with Crippen molar-refractivity contribution in [3.05, 3.63) is 0 Å². The number of nitrogens with zero attached hydrogens (tertiary/aromatic N) is 1. The fourth-order valence-electron chi connectivity index (χ4n) is 3.40. The number of fused-ring (bicyclic) bond motifs is 3. The Morgan fingerprint density at radius 1 is 1.31 bits per heavy atom. The van der Waals surface area contributed by atoms with Crippen LogP contribution in [0.1, 0.15) is 46.5 Å². The van der Waals surface area contributed by atoms with Crippen LogP contribution in [-0.4, -0.2) is 23.5 Å². The van der Waals surface area contributed by atoms with Gasteiger partial charge in [0.25, 0.3) is 0 Å². The van der Waals surface area contributed by atoms with Gasteiger partial charge in [-0.15, -0.1) is 0 Å². The highest BCUT2D eigenvalue weighted by molar-refractivity contribution is 4.93. The van der Waals surface area contributed by atoms with Gasteiger partial charge in [0.1, 0.15) is 0 Å². The largest absolute Gasteiger partial charge is 0.298 e. The Morgan fingerprint density at radius 3 is 2.54 bits per heavy atom. The minimum absolute atomic E-state index is 0.769. The molecule has 2 saturated heterocycles. The van der Waals surface area contributed by atoms with Crippen molar-refractivity contribution in [2.75, 3.05) is 6.54 Å². The molecule has 1 heteroatoms. The smallest absolute Gasteiger partial charge is 0.0101 e. The van der Waals surface area contributed by atoms with E-state index in [1.807, 2.05) is 0 Å². The van der Waals surface area contributed by atoms with Crippen LogP contribution >= 0.6 is 0 Å². The van der Waals surface area contributed by atoms with Gasteiger partial charge in [-0.3, -0.25) is 4.90 Å². The summed E-state index contributed by atoms with van der Waals surface area (Å²) < 4.78 is 0. The summed E-state index contributed by atoms with van der Waals surface area (Å²) in [4.78, 5) is 2.74. The molecule has 0 radical (unpaired) electrons. The van der Waals surface area contributed by atoms with E-state index in [0.29, 0.717) is 0 Å². The molecule has 2 bridgehead atoms. The van der Waals surface area contributed by atoms with Gasteiger partial charge in [0.15, 0.2) is 0 Å². The van der Waals surface area contributed by atoms with Crippen molar-refractivity contribution in [2.24, 2.45) is 11.8 Å². The van der Waals surface area contributed by atoms with Crippen LogP contribution in [0.2, 0.25) is 0 Å². The van der Waals surface area contributed by atoms with E-state index in [1.165, 1.54) is 32.2 Å². The van der Waals surface area contributed by atoms with Gasteiger partial charge in [-0.1, -0.05) is 13.3 Å². The Bertz CT molecular complexity index is 176. The second-order valence-corrected chi connectivity index (χ2v) is 5.19. The third kappa shape index (κ3) is 1.63. The minimum atomic E-state index is 0.769. The lowest BCUT2D eigenvalue weighted by Crippen LogP contribution is -2.54. The lowest BCUT2D eigenvalue weighted by atomic mass is 9.70. The van der Waals surface area contributed by atoms with Gasteiger partial charge in [-0.05, 0) is 44.9 Å². The summed E-state index contributed by atoms with van der Waals surface area (Å²) in [6.07, 6.45) is 5.87. The average Bonchev–Trinajstić information content (AvgIpc) is 2.18. The molecular formula is C12H23N. The first-order chi connectivity index (χ1) is 6.22. The molecule has 1 aliphatic carbocycles. The van der Waals surface area contributed by atoms with Crippen molar-refractivity contribution in [1.82, 2.24) is 4.90 Å². The van der Waals surface area contributed by atoms with Crippen molar-refractivity contribution in [1.29, 1.82) is 0 Å². The predicted octanol–water partition coefficient (Wildman–Crippen LogP) is 2.91. The quantitative estimate of drug-likeness (QED) is 0.633. The Balaban J connectivity index is 2.03. The van der Waals surface area contributed by atoms with E-state index in [9.17, 15) is 0 Å². The highest BCUT2D eigenvalue weighted by Crippen LogP contribution is 2.41. The third-order valence-electron chi connectivity index (χ3n) is 4.21. The van der Waals surface area contributed by atoms with E-state index < -0.39 is 0 Å². The highest BCUT2D eigenvalue weighted by Gasteiger charge is 2.39. The van der Waals surface area contributed by atoms with E-state index in [2.05, 4.69) is 25.7 Å². The molecule has 0 aromatic rings. The van der Waals surface area contributed by atoms with Gasteiger partial charge in [-0.2, -0.15) is 0 Å². The van der Waals surface area contributed by atoms with Crippen LogP contribution in [0.5, 0.6) is 0 Å².